The lowest BCUT2D eigenvalue weighted by Crippen LogP contribution is -2.40. The Hall–Kier alpha value is -2.15. The fraction of sp³-hybridized carbons (Fsp3) is 0.333. The Morgan fingerprint density at radius 1 is 1.50 bits per heavy atom. The second-order valence-corrected chi connectivity index (χ2v) is 4.51. The van der Waals surface area contributed by atoms with Crippen LogP contribution in [0.2, 0.25) is 5.02 Å². The summed E-state index contributed by atoms with van der Waals surface area (Å²) < 4.78 is 0. The second-order valence-electron chi connectivity index (χ2n) is 4.07. The van der Waals surface area contributed by atoms with Crippen LogP contribution in [0.5, 0.6) is 0 Å². The van der Waals surface area contributed by atoms with Crippen molar-refractivity contribution in [2.75, 3.05) is 0 Å². The van der Waals surface area contributed by atoms with Crippen LogP contribution in [-0.2, 0) is 4.79 Å². The molecule has 108 valence electrons. The van der Waals surface area contributed by atoms with E-state index in [4.69, 9.17) is 16.7 Å². The quantitative estimate of drug-likeness (QED) is 0.618. The summed E-state index contributed by atoms with van der Waals surface area (Å²) in [6, 6.07) is 2.49. The zero-order valence-electron chi connectivity index (χ0n) is 10.6. The van der Waals surface area contributed by atoms with Crippen molar-refractivity contribution in [3.63, 3.8) is 0 Å². The highest BCUT2D eigenvalue weighted by Crippen LogP contribution is 2.23. The summed E-state index contributed by atoms with van der Waals surface area (Å²) in [5.41, 5.74) is -0.683. The minimum absolute atomic E-state index is 0.122. The van der Waals surface area contributed by atoms with Gasteiger partial charge in [0.15, 0.2) is 0 Å². The highest BCUT2D eigenvalue weighted by molar-refractivity contribution is 6.31. The van der Waals surface area contributed by atoms with Crippen LogP contribution in [-0.4, -0.2) is 27.9 Å². The molecule has 0 aromatic heterocycles. The largest absolute Gasteiger partial charge is 0.480 e. The third kappa shape index (κ3) is 3.92. The lowest BCUT2D eigenvalue weighted by molar-refractivity contribution is -0.385. The third-order valence-electron chi connectivity index (χ3n) is 2.58. The van der Waals surface area contributed by atoms with Gasteiger partial charge < -0.3 is 10.4 Å². The van der Waals surface area contributed by atoms with E-state index in [0.717, 1.165) is 6.07 Å². The fourth-order valence-corrected chi connectivity index (χ4v) is 1.80. The lowest BCUT2D eigenvalue weighted by atomic mass is 10.1. The summed E-state index contributed by atoms with van der Waals surface area (Å²) in [6.45, 7) is 1.77. The van der Waals surface area contributed by atoms with Crippen molar-refractivity contribution in [2.45, 2.75) is 25.8 Å². The summed E-state index contributed by atoms with van der Waals surface area (Å²) in [7, 11) is 0. The number of carboxylic acid groups (broad SMARTS) is 1. The first-order chi connectivity index (χ1) is 9.36. The number of hydrogen-bond donors (Lipinski definition) is 2. The van der Waals surface area contributed by atoms with Gasteiger partial charge in [0, 0.05) is 11.1 Å². The average molecular weight is 301 g/mol. The molecule has 0 heterocycles. The van der Waals surface area contributed by atoms with Crippen LogP contribution in [0.4, 0.5) is 5.69 Å². The number of carboxylic acids is 1. The number of benzene rings is 1. The number of nitrogens with zero attached hydrogens (tertiary/aromatic N) is 1. The molecule has 0 bridgehead atoms. The number of carbonyl (C=O) groups excluding carboxylic acids is 1. The SMILES string of the molecule is CCCC(NC(=O)c1ccc(Cl)cc1[N+](=O)[O-])C(=O)O. The fourth-order valence-electron chi connectivity index (χ4n) is 1.63. The molecule has 1 aromatic rings. The number of nitro benzene ring substituents is 1. The molecule has 0 saturated heterocycles. The molecule has 0 spiro atoms. The van der Waals surface area contributed by atoms with E-state index in [-0.39, 0.29) is 17.0 Å². The molecule has 1 unspecified atom stereocenters. The first-order valence-corrected chi connectivity index (χ1v) is 6.22. The minimum atomic E-state index is -1.18. The Bertz CT molecular complexity index is 547. The van der Waals surface area contributed by atoms with Gasteiger partial charge in [0.25, 0.3) is 11.6 Å². The summed E-state index contributed by atoms with van der Waals surface area (Å²) in [5.74, 6) is -1.99. The van der Waals surface area contributed by atoms with Crippen LogP contribution in [0.25, 0.3) is 0 Å². The number of aliphatic carboxylic acids is 1. The van der Waals surface area contributed by atoms with Crippen molar-refractivity contribution in [2.24, 2.45) is 0 Å². The van der Waals surface area contributed by atoms with Crippen LogP contribution < -0.4 is 5.32 Å². The number of amides is 1. The van der Waals surface area contributed by atoms with Gasteiger partial charge in [0.05, 0.1) is 4.92 Å². The van der Waals surface area contributed by atoms with Gasteiger partial charge in [-0.2, -0.15) is 0 Å². The van der Waals surface area contributed by atoms with E-state index >= 15 is 0 Å². The van der Waals surface area contributed by atoms with Gasteiger partial charge in [0.1, 0.15) is 11.6 Å². The zero-order valence-corrected chi connectivity index (χ0v) is 11.4. The lowest BCUT2D eigenvalue weighted by Gasteiger charge is -2.13. The van der Waals surface area contributed by atoms with E-state index < -0.39 is 28.5 Å². The molecule has 0 radical (unpaired) electrons. The third-order valence-corrected chi connectivity index (χ3v) is 2.82. The van der Waals surface area contributed by atoms with Crippen molar-refractivity contribution in [1.29, 1.82) is 0 Å². The van der Waals surface area contributed by atoms with Crippen LogP contribution in [0.1, 0.15) is 30.1 Å². The smallest absolute Gasteiger partial charge is 0.326 e. The molecule has 0 aliphatic rings. The first-order valence-electron chi connectivity index (χ1n) is 5.84. The molecule has 0 aliphatic heterocycles. The Morgan fingerprint density at radius 3 is 2.65 bits per heavy atom. The maximum atomic E-state index is 11.9. The molecule has 0 fully saturated rings. The second kappa shape index (κ2) is 6.85. The Morgan fingerprint density at radius 2 is 2.15 bits per heavy atom. The summed E-state index contributed by atoms with van der Waals surface area (Å²) >= 11 is 5.64. The Kier molecular flexibility index (Phi) is 5.45. The molecule has 0 saturated carbocycles. The molecule has 0 aliphatic carbocycles. The first kappa shape index (κ1) is 15.9. The molecule has 7 nitrogen and oxygen atoms in total. The van der Waals surface area contributed by atoms with E-state index in [1.165, 1.54) is 12.1 Å². The van der Waals surface area contributed by atoms with Gasteiger partial charge in [-0.15, -0.1) is 0 Å². The van der Waals surface area contributed by atoms with Crippen molar-refractivity contribution in [1.82, 2.24) is 5.32 Å². The van der Waals surface area contributed by atoms with Crippen LogP contribution in [0.3, 0.4) is 0 Å². The van der Waals surface area contributed by atoms with Crippen molar-refractivity contribution >= 4 is 29.2 Å². The Balaban J connectivity index is 3.03. The van der Waals surface area contributed by atoms with Crippen LogP contribution in [0, 0.1) is 10.1 Å². The highest BCUT2D eigenvalue weighted by atomic mass is 35.5. The van der Waals surface area contributed by atoms with Crippen molar-refractivity contribution < 1.29 is 19.6 Å². The number of rotatable bonds is 6. The molecule has 1 amide bonds. The predicted molar refractivity (Wildman–Crippen MR) is 71.9 cm³/mol. The number of halogens is 1. The number of nitro groups is 1. The van der Waals surface area contributed by atoms with Gasteiger partial charge in [-0.05, 0) is 18.6 Å². The molecule has 1 atom stereocenters. The average Bonchev–Trinajstić information content (AvgIpc) is 2.37. The minimum Gasteiger partial charge on any atom is -0.480 e. The van der Waals surface area contributed by atoms with Crippen LogP contribution >= 0.6 is 11.6 Å². The van der Waals surface area contributed by atoms with E-state index in [0.29, 0.717) is 6.42 Å². The highest BCUT2D eigenvalue weighted by Gasteiger charge is 2.25. The van der Waals surface area contributed by atoms with Crippen molar-refractivity contribution in [3.05, 3.63) is 38.9 Å². The van der Waals surface area contributed by atoms with Gasteiger partial charge >= 0.3 is 5.97 Å². The number of carbonyl (C=O) groups is 2. The molecular formula is C12H13ClN2O5. The molecule has 1 rings (SSSR count). The van der Waals surface area contributed by atoms with Gasteiger partial charge in [-0.3, -0.25) is 14.9 Å². The molecule has 2 N–H and O–H groups in total. The predicted octanol–water partition coefficient (Wildman–Crippen LogP) is 2.23. The van der Waals surface area contributed by atoms with E-state index in [1.54, 1.807) is 6.92 Å². The van der Waals surface area contributed by atoms with Gasteiger partial charge in [-0.25, -0.2) is 4.79 Å². The zero-order chi connectivity index (χ0) is 15.3. The van der Waals surface area contributed by atoms with Gasteiger partial charge in [-0.1, -0.05) is 24.9 Å². The summed E-state index contributed by atoms with van der Waals surface area (Å²) in [5, 5.41) is 22.2. The molecule has 20 heavy (non-hydrogen) atoms. The molecular weight excluding hydrogens is 288 g/mol. The standard InChI is InChI=1S/C12H13ClN2O5/c1-2-3-9(12(17)18)14-11(16)8-5-4-7(13)6-10(8)15(19)20/h4-6,9H,2-3H2,1H3,(H,14,16)(H,17,18). The number of nitrogens with one attached hydrogen (secondary N) is 1. The Labute approximate surface area is 119 Å². The summed E-state index contributed by atoms with van der Waals surface area (Å²) in [6.07, 6.45) is 0.794. The monoisotopic (exact) mass is 300 g/mol. The topological polar surface area (TPSA) is 110 Å². The maximum Gasteiger partial charge on any atom is 0.326 e. The normalized spacial score (nSPS) is 11.7. The van der Waals surface area contributed by atoms with Gasteiger partial charge in [0.2, 0.25) is 0 Å². The van der Waals surface area contributed by atoms with E-state index in [9.17, 15) is 19.7 Å². The van der Waals surface area contributed by atoms with E-state index in [1.807, 2.05) is 0 Å². The number of hydrogen-bond acceptors (Lipinski definition) is 4. The van der Waals surface area contributed by atoms with Crippen LogP contribution in [0.15, 0.2) is 18.2 Å². The maximum absolute atomic E-state index is 11.9. The molecule has 1 aromatic carbocycles. The van der Waals surface area contributed by atoms with E-state index in [2.05, 4.69) is 5.32 Å². The molecule has 8 heteroatoms. The van der Waals surface area contributed by atoms with Crippen molar-refractivity contribution in [3.8, 4) is 0 Å². The summed E-state index contributed by atoms with van der Waals surface area (Å²) in [4.78, 5) is 33.0.